The molecule has 1 aliphatic heterocycles. The molecule has 7 nitrogen and oxygen atoms in total. The van der Waals surface area contributed by atoms with E-state index >= 15 is 0 Å². The second-order valence-corrected chi connectivity index (χ2v) is 7.14. The standard InChI is InChI=1S/C17H15N3O4S2/c1-24-12-4-2-10(3-5-12)15-11(8-13-16(23)18-17(25)26-13)9-20(19-15)7-6-14(21)22/h2-5,8-9H,6-7H2,1H3,(H,21,22)(H,18,23,25)/b13-8+. The Morgan fingerprint density at radius 2 is 2.15 bits per heavy atom. The van der Waals surface area contributed by atoms with Gasteiger partial charge in [0, 0.05) is 17.3 Å². The van der Waals surface area contributed by atoms with E-state index in [2.05, 4.69) is 10.4 Å². The predicted octanol–water partition coefficient (Wildman–Crippen LogP) is 2.52. The molecule has 2 heterocycles. The molecule has 1 saturated heterocycles. The van der Waals surface area contributed by atoms with E-state index in [1.165, 1.54) is 11.8 Å². The van der Waals surface area contributed by atoms with E-state index in [0.29, 0.717) is 20.5 Å². The van der Waals surface area contributed by atoms with Gasteiger partial charge in [-0.05, 0) is 30.3 Å². The number of ether oxygens (including phenoxy) is 1. The molecule has 0 unspecified atom stereocenters. The fourth-order valence-electron chi connectivity index (χ4n) is 2.40. The predicted molar refractivity (Wildman–Crippen MR) is 103 cm³/mol. The third-order valence-corrected chi connectivity index (χ3v) is 4.80. The first-order valence-electron chi connectivity index (χ1n) is 7.65. The van der Waals surface area contributed by atoms with Crippen molar-refractivity contribution in [1.82, 2.24) is 15.1 Å². The minimum atomic E-state index is -0.900. The molecule has 2 aromatic rings. The minimum absolute atomic E-state index is 0.0426. The molecule has 0 atom stereocenters. The van der Waals surface area contributed by atoms with Crippen LogP contribution in [0.3, 0.4) is 0 Å². The van der Waals surface area contributed by atoms with Crippen molar-refractivity contribution in [3.05, 3.63) is 40.9 Å². The van der Waals surface area contributed by atoms with Crippen molar-refractivity contribution in [2.75, 3.05) is 7.11 Å². The molecule has 0 saturated carbocycles. The van der Waals surface area contributed by atoms with Gasteiger partial charge < -0.3 is 15.2 Å². The fraction of sp³-hybridized carbons (Fsp3) is 0.176. The number of thiocarbonyl (C=S) groups is 1. The number of hydrogen-bond acceptors (Lipinski definition) is 6. The number of carboxylic acids is 1. The van der Waals surface area contributed by atoms with Crippen molar-refractivity contribution in [2.24, 2.45) is 0 Å². The normalized spacial score (nSPS) is 15.3. The number of carbonyl (C=O) groups excluding carboxylic acids is 1. The van der Waals surface area contributed by atoms with E-state index in [1.54, 1.807) is 24.1 Å². The molecule has 0 radical (unpaired) electrons. The van der Waals surface area contributed by atoms with Crippen molar-refractivity contribution in [3.8, 4) is 17.0 Å². The summed E-state index contributed by atoms with van der Waals surface area (Å²) in [7, 11) is 1.59. The van der Waals surface area contributed by atoms with Crippen molar-refractivity contribution in [3.63, 3.8) is 0 Å². The third kappa shape index (κ3) is 4.12. The SMILES string of the molecule is COc1ccc(-c2nn(CCC(=O)O)cc2/C=C2/SC(=S)NC2=O)cc1. The highest BCUT2D eigenvalue weighted by atomic mass is 32.2. The third-order valence-electron chi connectivity index (χ3n) is 3.64. The summed E-state index contributed by atoms with van der Waals surface area (Å²) >= 11 is 6.20. The van der Waals surface area contributed by atoms with Crippen LogP contribution in [-0.2, 0) is 16.1 Å². The van der Waals surface area contributed by atoms with Crippen molar-refractivity contribution in [2.45, 2.75) is 13.0 Å². The van der Waals surface area contributed by atoms with Crippen LogP contribution in [0.5, 0.6) is 5.75 Å². The maximum Gasteiger partial charge on any atom is 0.305 e. The van der Waals surface area contributed by atoms with Gasteiger partial charge in [0.25, 0.3) is 5.91 Å². The monoisotopic (exact) mass is 389 g/mol. The summed E-state index contributed by atoms with van der Waals surface area (Å²) in [5.41, 5.74) is 2.19. The van der Waals surface area contributed by atoms with E-state index in [9.17, 15) is 9.59 Å². The summed E-state index contributed by atoms with van der Waals surface area (Å²) in [5.74, 6) is -0.434. The number of nitrogens with zero attached hydrogens (tertiary/aromatic N) is 2. The second-order valence-electron chi connectivity index (χ2n) is 5.42. The molecular formula is C17H15N3O4S2. The number of amides is 1. The highest BCUT2D eigenvalue weighted by Crippen LogP contribution is 2.30. The van der Waals surface area contributed by atoms with E-state index in [0.717, 1.165) is 11.3 Å². The largest absolute Gasteiger partial charge is 0.497 e. The fourth-order valence-corrected chi connectivity index (χ4v) is 3.44. The number of carbonyl (C=O) groups is 2. The zero-order valence-corrected chi connectivity index (χ0v) is 15.4. The van der Waals surface area contributed by atoms with E-state index in [4.69, 9.17) is 22.1 Å². The van der Waals surface area contributed by atoms with Gasteiger partial charge in [-0.1, -0.05) is 24.0 Å². The molecule has 9 heteroatoms. The zero-order chi connectivity index (χ0) is 18.7. The lowest BCUT2D eigenvalue weighted by Crippen LogP contribution is -2.17. The van der Waals surface area contributed by atoms with Gasteiger partial charge in [0.15, 0.2) is 0 Å². The van der Waals surface area contributed by atoms with Gasteiger partial charge in [0.2, 0.25) is 0 Å². The Morgan fingerprint density at radius 3 is 2.73 bits per heavy atom. The summed E-state index contributed by atoms with van der Waals surface area (Å²) in [4.78, 5) is 23.2. The molecule has 0 spiro atoms. The van der Waals surface area contributed by atoms with Crippen LogP contribution in [0.25, 0.3) is 17.3 Å². The Labute approximate surface area is 159 Å². The number of carboxylic acid groups (broad SMARTS) is 1. The Morgan fingerprint density at radius 1 is 1.42 bits per heavy atom. The number of rotatable bonds is 6. The topological polar surface area (TPSA) is 93.5 Å². The zero-order valence-electron chi connectivity index (χ0n) is 13.8. The number of benzene rings is 1. The van der Waals surface area contributed by atoms with Crippen LogP contribution in [0.4, 0.5) is 0 Å². The average molecular weight is 389 g/mol. The molecule has 1 aromatic carbocycles. The van der Waals surface area contributed by atoms with Gasteiger partial charge in [-0.3, -0.25) is 14.3 Å². The lowest BCUT2D eigenvalue weighted by Gasteiger charge is -2.02. The van der Waals surface area contributed by atoms with Crippen LogP contribution < -0.4 is 10.1 Å². The van der Waals surface area contributed by atoms with Crippen molar-refractivity contribution < 1.29 is 19.4 Å². The number of nitrogens with one attached hydrogen (secondary N) is 1. The van der Waals surface area contributed by atoms with Crippen LogP contribution >= 0.6 is 24.0 Å². The number of aliphatic carboxylic acids is 1. The van der Waals surface area contributed by atoms with Crippen molar-refractivity contribution >= 4 is 46.3 Å². The number of hydrogen-bond donors (Lipinski definition) is 2. The quantitative estimate of drug-likeness (QED) is 0.579. The lowest BCUT2D eigenvalue weighted by molar-refractivity contribution is -0.137. The lowest BCUT2D eigenvalue weighted by atomic mass is 10.1. The first kappa shape index (κ1) is 18.2. The van der Waals surface area contributed by atoms with Crippen LogP contribution in [-0.4, -0.2) is 38.2 Å². The van der Waals surface area contributed by atoms with E-state index in [-0.39, 0.29) is 18.9 Å². The highest BCUT2D eigenvalue weighted by molar-refractivity contribution is 8.26. The van der Waals surface area contributed by atoms with Gasteiger partial charge in [0.05, 0.1) is 30.7 Å². The summed E-state index contributed by atoms with van der Waals surface area (Å²) in [5, 5.41) is 15.9. The van der Waals surface area contributed by atoms with E-state index < -0.39 is 5.97 Å². The van der Waals surface area contributed by atoms with Gasteiger partial charge in [-0.15, -0.1) is 0 Å². The molecule has 2 N–H and O–H groups in total. The maximum absolute atomic E-state index is 11.9. The molecule has 1 fully saturated rings. The summed E-state index contributed by atoms with van der Waals surface area (Å²) in [6.45, 7) is 0.236. The Kier molecular flexibility index (Phi) is 5.38. The van der Waals surface area contributed by atoms with Crippen LogP contribution in [0, 0.1) is 0 Å². The van der Waals surface area contributed by atoms with Crippen LogP contribution in [0.15, 0.2) is 35.4 Å². The van der Waals surface area contributed by atoms with Crippen molar-refractivity contribution in [1.29, 1.82) is 0 Å². The minimum Gasteiger partial charge on any atom is -0.497 e. The maximum atomic E-state index is 11.9. The first-order valence-corrected chi connectivity index (χ1v) is 8.87. The number of aromatic nitrogens is 2. The highest BCUT2D eigenvalue weighted by Gasteiger charge is 2.23. The number of thioether (sulfide) groups is 1. The molecule has 134 valence electrons. The Bertz CT molecular complexity index is 903. The van der Waals surface area contributed by atoms with Gasteiger partial charge in [-0.25, -0.2) is 0 Å². The van der Waals surface area contributed by atoms with Gasteiger partial charge >= 0.3 is 5.97 Å². The van der Waals surface area contributed by atoms with E-state index in [1.807, 2.05) is 24.3 Å². The Hall–Kier alpha value is -2.65. The summed E-state index contributed by atoms with van der Waals surface area (Å²) in [6, 6.07) is 7.35. The first-order chi connectivity index (χ1) is 12.5. The Balaban J connectivity index is 1.99. The number of aryl methyl sites for hydroxylation is 1. The molecule has 1 aliphatic rings. The molecule has 0 aliphatic carbocycles. The molecule has 0 bridgehead atoms. The summed E-state index contributed by atoms with van der Waals surface area (Å²) < 4.78 is 7.14. The van der Waals surface area contributed by atoms with Crippen LogP contribution in [0.2, 0.25) is 0 Å². The molecule has 26 heavy (non-hydrogen) atoms. The molecule has 1 aromatic heterocycles. The summed E-state index contributed by atoms with van der Waals surface area (Å²) in [6.07, 6.45) is 3.40. The smallest absolute Gasteiger partial charge is 0.305 e. The molecular weight excluding hydrogens is 374 g/mol. The van der Waals surface area contributed by atoms with Crippen LogP contribution in [0.1, 0.15) is 12.0 Å². The average Bonchev–Trinajstić information content (AvgIpc) is 3.16. The molecule has 1 amide bonds. The van der Waals surface area contributed by atoms with Gasteiger partial charge in [0.1, 0.15) is 10.1 Å². The van der Waals surface area contributed by atoms with Gasteiger partial charge in [-0.2, -0.15) is 5.10 Å². The molecule has 3 rings (SSSR count). The second kappa shape index (κ2) is 7.71. The number of methoxy groups -OCH3 is 1.